The third kappa shape index (κ3) is 14.5. The molecular weight excluding hydrogens is 1100 g/mol. The van der Waals surface area contributed by atoms with Gasteiger partial charge in [-0.15, -0.1) is 0 Å². The molecule has 0 aliphatic heterocycles. The quantitative estimate of drug-likeness (QED) is 0.0290. The molecule has 398 valence electrons. The van der Waals surface area contributed by atoms with Gasteiger partial charge in [0.05, 0.1) is 23.5 Å². The second kappa shape index (κ2) is 31.0. The maximum absolute atomic E-state index is 5.24. The van der Waals surface area contributed by atoms with Gasteiger partial charge in [0.2, 0.25) is 0 Å². The Labute approximate surface area is 470 Å². The summed E-state index contributed by atoms with van der Waals surface area (Å²) >= 11 is 9.53. The van der Waals surface area contributed by atoms with Crippen LogP contribution in [0.25, 0.3) is 44.3 Å². The number of unbranched alkanes of at least 4 members (excludes halogenated alkanes) is 32. The lowest BCUT2D eigenvalue weighted by Gasteiger charge is -2.35. The molecule has 0 bridgehead atoms. The van der Waals surface area contributed by atoms with Crippen LogP contribution in [0, 0.1) is 3.57 Å². The van der Waals surface area contributed by atoms with Crippen molar-refractivity contribution in [2.24, 2.45) is 0 Å². The lowest BCUT2D eigenvalue weighted by Crippen LogP contribution is -2.27. The molecule has 72 heavy (non-hydrogen) atoms. The molecule has 7 rings (SSSR count). The molecule has 0 saturated heterocycles. The molecule has 0 spiro atoms. The number of hydrogen-bond donors (Lipinski definition) is 0. The molecule has 2 heterocycles. The van der Waals surface area contributed by atoms with Crippen LogP contribution in [0.4, 0.5) is 0 Å². The number of benzene rings is 3. The summed E-state index contributed by atoms with van der Waals surface area (Å²) < 4.78 is 22.8. The van der Waals surface area contributed by atoms with Crippen LogP contribution in [0.3, 0.4) is 0 Å². The second-order valence-electron chi connectivity index (χ2n) is 22.9. The highest BCUT2D eigenvalue weighted by molar-refractivity contribution is 14.1. The summed E-state index contributed by atoms with van der Waals surface area (Å²) in [5, 5.41) is 0. The summed E-state index contributed by atoms with van der Waals surface area (Å²) in [6.07, 6.45) is 53.7. The van der Waals surface area contributed by atoms with Crippen molar-refractivity contribution in [3.05, 3.63) is 54.6 Å². The van der Waals surface area contributed by atoms with Gasteiger partial charge in [0.15, 0.2) is 0 Å². The molecule has 0 saturated carbocycles. The van der Waals surface area contributed by atoms with Gasteiger partial charge in [0, 0.05) is 30.0 Å². The van der Waals surface area contributed by atoms with Crippen LogP contribution in [-0.2, 0) is 10.8 Å². The van der Waals surface area contributed by atoms with E-state index in [4.69, 9.17) is 17.5 Å². The zero-order valence-electron chi connectivity index (χ0n) is 46.0. The Morgan fingerprint density at radius 2 is 0.625 bits per heavy atom. The predicted molar refractivity (Wildman–Crippen MR) is 329 cm³/mol. The van der Waals surface area contributed by atoms with Gasteiger partial charge in [0.25, 0.3) is 0 Å². The van der Waals surface area contributed by atoms with E-state index in [1.165, 1.54) is 312 Å². The number of hydrogen-bond acceptors (Lipinski definition) is 6. The summed E-state index contributed by atoms with van der Waals surface area (Å²) in [4.78, 5) is 0. The van der Waals surface area contributed by atoms with Crippen molar-refractivity contribution in [1.29, 1.82) is 0 Å². The molecule has 0 radical (unpaired) electrons. The average molecular weight is 1190 g/mol. The molecule has 0 N–H and O–H groups in total. The van der Waals surface area contributed by atoms with E-state index in [0.29, 0.717) is 0 Å². The third-order valence-corrected chi connectivity index (χ3v) is 20.1. The number of rotatable bonds is 40. The van der Waals surface area contributed by atoms with E-state index in [-0.39, 0.29) is 10.8 Å². The van der Waals surface area contributed by atoms with E-state index >= 15 is 0 Å². The lowest BCUT2D eigenvalue weighted by atomic mass is 9.68. The molecule has 0 atom stereocenters. The van der Waals surface area contributed by atoms with Crippen LogP contribution >= 0.6 is 62.0 Å². The molecular formula is C64H96BrIN4S2. The van der Waals surface area contributed by atoms with Crippen molar-refractivity contribution in [3.8, 4) is 22.3 Å². The second-order valence-corrected chi connectivity index (χ2v) is 26.0. The van der Waals surface area contributed by atoms with Crippen LogP contribution in [0.5, 0.6) is 0 Å². The highest BCUT2D eigenvalue weighted by Gasteiger charge is 2.49. The van der Waals surface area contributed by atoms with Crippen LogP contribution < -0.4 is 0 Å². The summed E-state index contributed by atoms with van der Waals surface area (Å²) in [7, 11) is 0. The Kier molecular flexibility index (Phi) is 25.1. The minimum Gasteiger partial charge on any atom is -0.172 e. The molecule has 4 nitrogen and oxygen atoms in total. The van der Waals surface area contributed by atoms with Crippen molar-refractivity contribution in [2.75, 3.05) is 0 Å². The summed E-state index contributed by atoms with van der Waals surface area (Å²) in [5.74, 6) is 0. The molecule has 0 unspecified atom stereocenters. The molecule has 2 aliphatic rings. The van der Waals surface area contributed by atoms with Gasteiger partial charge in [0.1, 0.15) is 22.1 Å². The van der Waals surface area contributed by atoms with E-state index in [0.717, 1.165) is 26.5 Å². The predicted octanol–water partition coefficient (Wildman–Crippen LogP) is 23.3. The van der Waals surface area contributed by atoms with Crippen molar-refractivity contribution >= 4 is 84.0 Å². The number of nitrogens with zero attached hydrogens (tertiary/aromatic N) is 4. The minimum atomic E-state index is -0.0649. The van der Waals surface area contributed by atoms with Crippen LogP contribution in [0.2, 0.25) is 0 Å². The van der Waals surface area contributed by atoms with E-state index < -0.39 is 0 Å². The Morgan fingerprint density at radius 1 is 0.347 bits per heavy atom. The fourth-order valence-electron chi connectivity index (χ4n) is 13.5. The molecule has 3 aromatic carbocycles. The average Bonchev–Trinajstić information content (AvgIpc) is 4.18. The first-order valence-electron chi connectivity index (χ1n) is 30.6. The van der Waals surface area contributed by atoms with Gasteiger partial charge in [-0.2, -0.15) is 17.5 Å². The smallest absolute Gasteiger partial charge is 0.119 e. The SMILES string of the molecule is CCCCCCCCCCCC1(CCCCCCCCCCC)c2cc3c(cc2-c2c1cc(Br)c1nsnc21)C(CCCCCCCCCCC)(CCCCCCCCCCC)c1cc(I)c2nsnc2c1-3. The standard InChI is InChI=1S/C64H96BrIN4S2/c1-5-9-13-17-21-25-29-33-37-41-63(42-38-34-30-26-22-18-14-10-6-2)51-46-50-52(45-49(51)57-53(63)47-55(65)59-61(57)69-71-67-59)64(43-39-35-31-27-23-19-15-11-7-3,44-40-36-32-28-24-20-16-12-8-4)54-48-56(66)60-62(58(50)54)70-72-68-60/h45-48H,5-44H2,1-4H3. The first kappa shape index (κ1) is 58.2. The van der Waals surface area contributed by atoms with Crippen LogP contribution in [0.1, 0.15) is 307 Å². The zero-order valence-corrected chi connectivity index (χ0v) is 51.3. The Bertz CT molecular complexity index is 2160. The van der Waals surface area contributed by atoms with E-state index in [2.05, 4.69) is 90.5 Å². The summed E-state index contributed by atoms with van der Waals surface area (Å²) in [6, 6.07) is 10.7. The summed E-state index contributed by atoms with van der Waals surface area (Å²) in [6.45, 7) is 9.32. The maximum atomic E-state index is 5.24. The van der Waals surface area contributed by atoms with Gasteiger partial charge >= 0.3 is 0 Å². The molecule has 2 aromatic heterocycles. The lowest BCUT2D eigenvalue weighted by molar-refractivity contribution is 0.393. The van der Waals surface area contributed by atoms with Gasteiger partial charge < -0.3 is 0 Å². The summed E-state index contributed by atoms with van der Waals surface area (Å²) in [5.41, 5.74) is 16.3. The highest BCUT2D eigenvalue weighted by atomic mass is 127. The van der Waals surface area contributed by atoms with Gasteiger partial charge in [-0.1, -0.05) is 259 Å². The normalized spacial score (nSPS) is 14.2. The Hall–Kier alpha value is -1.49. The van der Waals surface area contributed by atoms with Gasteiger partial charge in [-0.05, 0) is 122 Å². The Morgan fingerprint density at radius 3 is 0.972 bits per heavy atom. The van der Waals surface area contributed by atoms with Crippen molar-refractivity contribution < 1.29 is 0 Å². The van der Waals surface area contributed by atoms with Crippen LogP contribution in [0.15, 0.2) is 28.7 Å². The first-order valence-corrected chi connectivity index (χ1v) is 33.9. The van der Waals surface area contributed by atoms with E-state index in [1.807, 2.05) is 0 Å². The molecule has 5 aromatic rings. The monoisotopic (exact) mass is 1190 g/mol. The molecule has 0 fully saturated rings. The minimum absolute atomic E-state index is 0.0475. The number of fused-ring (bicyclic) bond motifs is 10. The van der Waals surface area contributed by atoms with E-state index in [9.17, 15) is 0 Å². The van der Waals surface area contributed by atoms with E-state index in [1.54, 1.807) is 16.7 Å². The van der Waals surface area contributed by atoms with Gasteiger partial charge in [-0.3, -0.25) is 0 Å². The fraction of sp³-hybridized carbons (Fsp3) is 0.719. The maximum Gasteiger partial charge on any atom is 0.119 e. The highest BCUT2D eigenvalue weighted by Crippen LogP contribution is 2.63. The first-order chi connectivity index (χ1) is 35.5. The van der Waals surface area contributed by atoms with Crippen molar-refractivity contribution in [3.63, 3.8) is 0 Å². The third-order valence-electron chi connectivity index (χ3n) is 17.6. The van der Waals surface area contributed by atoms with Crippen LogP contribution in [-0.4, -0.2) is 17.5 Å². The fourth-order valence-corrected chi connectivity index (χ4v) is 16.1. The van der Waals surface area contributed by atoms with Crippen molar-refractivity contribution in [1.82, 2.24) is 17.5 Å². The number of halogens is 2. The molecule has 2 aliphatic carbocycles. The largest absolute Gasteiger partial charge is 0.172 e. The number of aromatic nitrogens is 4. The van der Waals surface area contributed by atoms with Gasteiger partial charge in [-0.25, -0.2) is 0 Å². The topological polar surface area (TPSA) is 51.6 Å². The Balaban J connectivity index is 1.29. The molecule has 8 heteroatoms. The van der Waals surface area contributed by atoms with Crippen molar-refractivity contribution in [2.45, 2.75) is 295 Å². The zero-order chi connectivity index (χ0) is 50.4. The molecule has 0 amide bonds.